The van der Waals surface area contributed by atoms with Crippen LogP contribution < -0.4 is 0 Å². The Morgan fingerprint density at radius 1 is 1.15 bits per heavy atom. The number of rotatable bonds is 5. The van der Waals surface area contributed by atoms with E-state index in [1.54, 1.807) is 0 Å². The van der Waals surface area contributed by atoms with E-state index in [1.165, 1.54) is 0 Å². The molecule has 2 heteroatoms. The van der Waals surface area contributed by atoms with Gasteiger partial charge in [-0.25, -0.2) is 0 Å². The Morgan fingerprint density at radius 3 is 1.77 bits per heavy atom. The Balaban J connectivity index is 4.45. The molecule has 80 valence electrons. The van der Waals surface area contributed by atoms with Crippen LogP contribution in [0.25, 0.3) is 0 Å². The number of nitrogens with zero attached hydrogens (tertiary/aromatic N) is 1. The minimum Gasteiger partial charge on any atom is -0.391 e. The topological polar surface area (TPSA) is 23.5 Å². The molecule has 13 heavy (non-hydrogen) atoms. The fraction of sp³-hybridized carbons (Fsp3) is 1.00. The van der Waals surface area contributed by atoms with Crippen molar-refractivity contribution in [1.29, 1.82) is 0 Å². The largest absolute Gasteiger partial charge is 0.391 e. The highest BCUT2D eigenvalue weighted by Crippen LogP contribution is 2.25. The van der Waals surface area contributed by atoms with Gasteiger partial charge < -0.3 is 10.0 Å². The third-order valence-corrected chi connectivity index (χ3v) is 3.37. The van der Waals surface area contributed by atoms with Crippen LogP contribution in [-0.4, -0.2) is 35.7 Å². The average molecular weight is 187 g/mol. The number of hydrogen-bond donors (Lipinski definition) is 1. The van der Waals surface area contributed by atoms with Crippen LogP contribution in [0.1, 0.15) is 40.5 Å². The number of aliphatic hydroxyl groups excluding tert-OH is 1. The Kier molecular flexibility index (Phi) is 4.93. The van der Waals surface area contributed by atoms with Gasteiger partial charge in [0.2, 0.25) is 0 Å². The van der Waals surface area contributed by atoms with Crippen LogP contribution in [-0.2, 0) is 0 Å². The lowest BCUT2D eigenvalue weighted by Gasteiger charge is -2.40. The SMILES string of the molecule is CCC(CC)C(O)C(C)(C)N(C)C. The first-order valence-corrected chi connectivity index (χ1v) is 5.23. The van der Waals surface area contributed by atoms with Crippen molar-refractivity contribution in [2.75, 3.05) is 14.1 Å². The molecule has 0 aromatic heterocycles. The summed E-state index contributed by atoms with van der Waals surface area (Å²) in [5.41, 5.74) is -0.128. The van der Waals surface area contributed by atoms with Gasteiger partial charge in [-0.2, -0.15) is 0 Å². The minimum absolute atomic E-state index is 0.128. The lowest BCUT2D eigenvalue weighted by Crippen LogP contribution is -2.51. The first-order chi connectivity index (χ1) is 5.87. The van der Waals surface area contributed by atoms with Crippen LogP contribution in [0.15, 0.2) is 0 Å². The van der Waals surface area contributed by atoms with E-state index >= 15 is 0 Å². The Morgan fingerprint density at radius 2 is 1.54 bits per heavy atom. The molecule has 0 saturated carbocycles. The minimum atomic E-state index is -0.238. The molecule has 0 spiro atoms. The van der Waals surface area contributed by atoms with Crippen LogP contribution in [0, 0.1) is 5.92 Å². The normalized spacial score (nSPS) is 15.5. The third kappa shape index (κ3) is 2.96. The maximum Gasteiger partial charge on any atom is 0.0746 e. The zero-order valence-electron chi connectivity index (χ0n) is 9.96. The number of aliphatic hydroxyl groups is 1. The summed E-state index contributed by atoms with van der Waals surface area (Å²) in [5.74, 6) is 0.414. The van der Waals surface area contributed by atoms with Gasteiger partial charge in [-0.1, -0.05) is 26.7 Å². The van der Waals surface area contributed by atoms with Crippen molar-refractivity contribution < 1.29 is 5.11 Å². The molecule has 1 atom stereocenters. The molecule has 0 aliphatic rings. The summed E-state index contributed by atoms with van der Waals surface area (Å²) in [5, 5.41) is 10.2. The number of hydrogen-bond acceptors (Lipinski definition) is 2. The molecule has 0 aliphatic carbocycles. The second-order valence-electron chi connectivity index (χ2n) is 4.57. The standard InChI is InChI=1S/C11H25NO/c1-7-9(8-2)10(13)11(3,4)12(5)6/h9-10,13H,7-8H2,1-6H3. The van der Waals surface area contributed by atoms with Crippen molar-refractivity contribution in [2.24, 2.45) is 5.92 Å². The second kappa shape index (κ2) is 4.97. The average Bonchev–Trinajstić information content (AvgIpc) is 2.06. The fourth-order valence-electron chi connectivity index (χ4n) is 1.58. The molecule has 0 bridgehead atoms. The molecular formula is C11H25NO. The van der Waals surface area contributed by atoms with E-state index in [4.69, 9.17) is 0 Å². The van der Waals surface area contributed by atoms with Gasteiger partial charge in [0.1, 0.15) is 0 Å². The zero-order valence-corrected chi connectivity index (χ0v) is 9.96. The quantitative estimate of drug-likeness (QED) is 0.712. The van der Waals surface area contributed by atoms with E-state index in [0.717, 1.165) is 12.8 Å². The van der Waals surface area contributed by atoms with Gasteiger partial charge in [0, 0.05) is 5.54 Å². The van der Waals surface area contributed by atoms with Crippen LogP contribution in [0.3, 0.4) is 0 Å². The van der Waals surface area contributed by atoms with E-state index < -0.39 is 0 Å². The first-order valence-electron chi connectivity index (χ1n) is 5.23. The molecule has 0 radical (unpaired) electrons. The molecule has 1 unspecified atom stereocenters. The fourth-order valence-corrected chi connectivity index (χ4v) is 1.58. The van der Waals surface area contributed by atoms with Gasteiger partial charge in [0.25, 0.3) is 0 Å². The van der Waals surface area contributed by atoms with Crippen LogP contribution in [0.5, 0.6) is 0 Å². The van der Waals surface area contributed by atoms with E-state index in [-0.39, 0.29) is 11.6 Å². The molecule has 0 rings (SSSR count). The molecule has 0 heterocycles. The van der Waals surface area contributed by atoms with Gasteiger partial charge in [-0.3, -0.25) is 0 Å². The summed E-state index contributed by atoms with van der Waals surface area (Å²) in [6.07, 6.45) is 1.86. The van der Waals surface area contributed by atoms with Crippen LogP contribution in [0.4, 0.5) is 0 Å². The summed E-state index contributed by atoms with van der Waals surface area (Å²) < 4.78 is 0. The van der Waals surface area contributed by atoms with Gasteiger partial charge in [-0.05, 0) is 33.9 Å². The molecular weight excluding hydrogens is 162 g/mol. The molecule has 0 aromatic rings. The van der Waals surface area contributed by atoms with E-state index in [1.807, 2.05) is 14.1 Å². The highest BCUT2D eigenvalue weighted by atomic mass is 16.3. The van der Waals surface area contributed by atoms with E-state index in [0.29, 0.717) is 5.92 Å². The predicted octanol–water partition coefficient (Wildman–Crippen LogP) is 2.12. The Hall–Kier alpha value is -0.0800. The van der Waals surface area contributed by atoms with Gasteiger partial charge in [0.05, 0.1) is 6.10 Å². The lowest BCUT2D eigenvalue weighted by atomic mass is 9.83. The van der Waals surface area contributed by atoms with Gasteiger partial charge in [-0.15, -0.1) is 0 Å². The highest BCUT2D eigenvalue weighted by Gasteiger charge is 2.34. The monoisotopic (exact) mass is 187 g/mol. The second-order valence-corrected chi connectivity index (χ2v) is 4.57. The maximum atomic E-state index is 10.2. The predicted molar refractivity (Wildman–Crippen MR) is 57.8 cm³/mol. The number of likely N-dealkylation sites (N-methyl/N-ethyl adjacent to an activating group) is 1. The van der Waals surface area contributed by atoms with E-state index in [9.17, 15) is 5.11 Å². The molecule has 2 nitrogen and oxygen atoms in total. The maximum absolute atomic E-state index is 10.2. The molecule has 0 amide bonds. The van der Waals surface area contributed by atoms with E-state index in [2.05, 4.69) is 32.6 Å². The molecule has 0 fully saturated rings. The molecule has 0 saturated heterocycles. The molecule has 0 aromatic carbocycles. The lowest BCUT2D eigenvalue weighted by molar-refractivity contribution is -0.0233. The van der Waals surface area contributed by atoms with Crippen molar-refractivity contribution in [3.63, 3.8) is 0 Å². The van der Waals surface area contributed by atoms with Gasteiger partial charge >= 0.3 is 0 Å². The molecule has 0 aliphatic heterocycles. The van der Waals surface area contributed by atoms with Crippen molar-refractivity contribution >= 4 is 0 Å². The third-order valence-electron chi connectivity index (χ3n) is 3.37. The van der Waals surface area contributed by atoms with Crippen LogP contribution in [0.2, 0.25) is 0 Å². The summed E-state index contributed by atoms with van der Waals surface area (Å²) in [4.78, 5) is 2.09. The first kappa shape index (κ1) is 12.9. The Bertz CT molecular complexity index is 139. The summed E-state index contributed by atoms with van der Waals surface area (Å²) >= 11 is 0. The Labute approximate surface area is 82.9 Å². The molecule has 1 N–H and O–H groups in total. The van der Waals surface area contributed by atoms with Crippen molar-refractivity contribution in [3.05, 3.63) is 0 Å². The summed E-state index contributed by atoms with van der Waals surface area (Å²) in [6, 6.07) is 0. The van der Waals surface area contributed by atoms with Crippen LogP contribution >= 0.6 is 0 Å². The zero-order chi connectivity index (χ0) is 10.6. The van der Waals surface area contributed by atoms with Gasteiger partial charge in [0.15, 0.2) is 0 Å². The van der Waals surface area contributed by atoms with Crippen molar-refractivity contribution in [1.82, 2.24) is 4.90 Å². The highest BCUT2D eigenvalue weighted by molar-refractivity contribution is 4.89. The summed E-state index contributed by atoms with van der Waals surface area (Å²) in [6.45, 7) is 8.47. The van der Waals surface area contributed by atoms with Crippen molar-refractivity contribution in [3.8, 4) is 0 Å². The smallest absolute Gasteiger partial charge is 0.0746 e. The van der Waals surface area contributed by atoms with Crippen molar-refractivity contribution in [2.45, 2.75) is 52.2 Å². The summed E-state index contributed by atoms with van der Waals surface area (Å²) in [7, 11) is 4.04.